The van der Waals surface area contributed by atoms with Crippen molar-refractivity contribution in [1.82, 2.24) is 5.43 Å². The number of aromatic carboxylic acids is 1. The van der Waals surface area contributed by atoms with Crippen LogP contribution in [0.1, 0.15) is 28.8 Å². The molecule has 0 unspecified atom stereocenters. The number of amides is 1. The molecule has 0 atom stereocenters. The first-order chi connectivity index (χ1) is 12.5. The Bertz CT molecular complexity index is 807. The quantitative estimate of drug-likeness (QED) is 0.424. The number of carboxylic acids is 1. The summed E-state index contributed by atoms with van der Waals surface area (Å²) in [6, 6.07) is 10.8. The first kappa shape index (κ1) is 19.8. The fourth-order valence-electron chi connectivity index (χ4n) is 1.95. The van der Waals surface area contributed by atoms with Gasteiger partial charge in [-0.05, 0) is 35.7 Å². The van der Waals surface area contributed by atoms with Crippen molar-refractivity contribution >= 4 is 41.3 Å². The molecule has 6 nitrogen and oxygen atoms in total. The summed E-state index contributed by atoms with van der Waals surface area (Å²) >= 11 is 11.8. The second-order valence-electron chi connectivity index (χ2n) is 5.23. The summed E-state index contributed by atoms with van der Waals surface area (Å²) < 4.78 is 5.48. The van der Waals surface area contributed by atoms with Crippen molar-refractivity contribution in [3.63, 3.8) is 0 Å². The van der Waals surface area contributed by atoms with Gasteiger partial charge in [-0.25, -0.2) is 5.43 Å². The van der Waals surface area contributed by atoms with Gasteiger partial charge in [0.15, 0.2) is 0 Å². The van der Waals surface area contributed by atoms with E-state index in [9.17, 15) is 14.7 Å². The average Bonchev–Trinajstić information content (AvgIpc) is 2.60. The molecule has 0 bridgehead atoms. The highest BCUT2D eigenvalue weighted by Gasteiger charge is 2.04. The number of ether oxygens (including phenoxy) is 1. The molecule has 2 aromatic carbocycles. The third-order valence-corrected chi connectivity index (χ3v) is 3.78. The van der Waals surface area contributed by atoms with Gasteiger partial charge in [-0.1, -0.05) is 47.5 Å². The Balaban J connectivity index is 1.69. The highest BCUT2D eigenvalue weighted by Crippen LogP contribution is 2.27. The zero-order valence-corrected chi connectivity index (χ0v) is 15.1. The van der Waals surface area contributed by atoms with Crippen LogP contribution in [0, 0.1) is 0 Å². The minimum Gasteiger partial charge on any atom is -0.545 e. The molecule has 0 aliphatic heterocycles. The Morgan fingerprint density at radius 3 is 2.54 bits per heavy atom. The predicted octanol–water partition coefficient (Wildman–Crippen LogP) is 2.67. The molecular weight excluding hydrogens is 379 g/mol. The Morgan fingerprint density at radius 2 is 1.88 bits per heavy atom. The lowest BCUT2D eigenvalue weighted by atomic mass is 10.1. The van der Waals surface area contributed by atoms with E-state index in [-0.39, 0.29) is 17.9 Å². The lowest BCUT2D eigenvalue weighted by Gasteiger charge is -2.07. The summed E-state index contributed by atoms with van der Waals surface area (Å²) in [5.74, 6) is -1.00. The molecule has 0 spiro atoms. The van der Waals surface area contributed by atoms with Crippen molar-refractivity contribution in [1.29, 1.82) is 0 Å². The van der Waals surface area contributed by atoms with E-state index in [2.05, 4.69) is 10.5 Å². The number of nitrogens with one attached hydrogen (secondary N) is 1. The monoisotopic (exact) mass is 393 g/mol. The minimum absolute atomic E-state index is 0.0759. The molecule has 0 heterocycles. The van der Waals surface area contributed by atoms with Crippen LogP contribution < -0.4 is 15.3 Å². The molecule has 26 heavy (non-hydrogen) atoms. The molecule has 136 valence electrons. The van der Waals surface area contributed by atoms with Crippen LogP contribution in [0.4, 0.5) is 0 Å². The van der Waals surface area contributed by atoms with E-state index in [4.69, 9.17) is 27.9 Å². The topological polar surface area (TPSA) is 90.8 Å². The molecule has 2 rings (SSSR count). The average molecular weight is 394 g/mol. The van der Waals surface area contributed by atoms with Crippen LogP contribution in [0.5, 0.6) is 5.75 Å². The fourth-order valence-corrected chi connectivity index (χ4v) is 2.41. The first-order valence-electron chi connectivity index (χ1n) is 7.67. The van der Waals surface area contributed by atoms with Gasteiger partial charge < -0.3 is 14.6 Å². The molecule has 0 radical (unpaired) electrons. The zero-order chi connectivity index (χ0) is 18.9. The molecule has 1 N–H and O–H groups in total. The molecule has 8 heteroatoms. The lowest BCUT2D eigenvalue weighted by Crippen LogP contribution is -2.22. The van der Waals surface area contributed by atoms with E-state index in [1.165, 1.54) is 18.3 Å². The molecule has 0 aliphatic carbocycles. The number of hydrazone groups is 1. The van der Waals surface area contributed by atoms with Crippen molar-refractivity contribution in [3.8, 4) is 5.75 Å². The number of benzene rings is 2. The summed E-state index contributed by atoms with van der Waals surface area (Å²) in [6.45, 7) is 0.323. The number of carboxylic acid groups (broad SMARTS) is 1. The summed E-state index contributed by atoms with van der Waals surface area (Å²) in [4.78, 5) is 22.3. The Kier molecular flexibility index (Phi) is 7.44. The van der Waals surface area contributed by atoms with E-state index in [0.29, 0.717) is 34.4 Å². The first-order valence-corrected chi connectivity index (χ1v) is 8.42. The Labute approximate surface area is 160 Å². The van der Waals surface area contributed by atoms with Crippen LogP contribution in [0.2, 0.25) is 10.0 Å². The largest absolute Gasteiger partial charge is 0.545 e. The molecule has 1 amide bonds. The number of carbonyl (C=O) groups excluding carboxylic acids is 2. The lowest BCUT2D eigenvalue weighted by molar-refractivity contribution is -0.255. The summed E-state index contributed by atoms with van der Waals surface area (Å²) in [6.07, 6.45) is 2.13. The van der Waals surface area contributed by atoms with Crippen molar-refractivity contribution < 1.29 is 19.4 Å². The third kappa shape index (κ3) is 6.38. The highest BCUT2D eigenvalue weighted by atomic mass is 35.5. The molecular formula is C18H15Cl2N2O4-. The minimum atomic E-state index is -1.25. The van der Waals surface area contributed by atoms with Crippen molar-refractivity contribution in [2.75, 3.05) is 6.61 Å². The number of nitrogens with zero attached hydrogens (tertiary/aromatic N) is 1. The van der Waals surface area contributed by atoms with Gasteiger partial charge in [-0.3, -0.25) is 4.79 Å². The van der Waals surface area contributed by atoms with Gasteiger partial charge in [0.05, 0.1) is 23.8 Å². The maximum atomic E-state index is 11.7. The molecule has 2 aromatic rings. The molecule has 0 saturated carbocycles. The Morgan fingerprint density at radius 1 is 1.15 bits per heavy atom. The van der Waals surface area contributed by atoms with E-state index >= 15 is 0 Å². The molecule has 0 aliphatic rings. The summed E-state index contributed by atoms with van der Waals surface area (Å²) in [5.41, 5.74) is 3.11. The van der Waals surface area contributed by atoms with Gasteiger partial charge in [0.25, 0.3) is 0 Å². The van der Waals surface area contributed by atoms with Crippen molar-refractivity contribution in [2.45, 2.75) is 12.8 Å². The predicted molar refractivity (Wildman–Crippen MR) is 97.7 cm³/mol. The highest BCUT2D eigenvalue weighted by molar-refractivity contribution is 6.35. The maximum absolute atomic E-state index is 11.7. The number of carbonyl (C=O) groups is 2. The SMILES string of the molecule is O=C(CCCOc1ccc(Cl)cc1Cl)N/N=C\c1ccc(C(=O)[O-])cc1. The van der Waals surface area contributed by atoms with E-state index in [1.807, 2.05) is 0 Å². The van der Waals surface area contributed by atoms with Gasteiger partial charge in [0.1, 0.15) is 5.75 Å². The van der Waals surface area contributed by atoms with Gasteiger partial charge in [0.2, 0.25) is 5.91 Å². The van der Waals surface area contributed by atoms with Crippen molar-refractivity contribution in [3.05, 3.63) is 63.6 Å². The Hall–Kier alpha value is -2.57. The van der Waals surface area contributed by atoms with Gasteiger partial charge >= 0.3 is 0 Å². The van der Waals surface area contributed by atoms with Crippen LogP contribution in [-0.4, -0.2) is 24.7 Å². The molecule has 0 aromatic heterocycles. The van der Waals surface area contributed by atoms with Crippen LogP contribution >= 0.6 is 23.2 Å². The number of hydrogen-bond acceptors (Lipinski definition) is 5. The summed E-state index contributed by atoms with van der Waals surface area (Å²) in [7, 11) is 0. The third-order valence-electron chi connectivity index (χ3n) is 3.25. The van der Waals surface area contributed by atoms with Gasteiger partial charge in [-0.15, -0.1) is 0 Å². The normalized spacial score (nSPS) is 10.7. The van der Waals surface area contributed by atoms with Crippen LogP contribution in [0.25, 0.3) is 0 Å². The summed E-state index contributed by atoms with van der Waals surface area (Å²) in [5, 5.41) is 15.4. The van der Waals surface area contributed by atoms with Crippen LogP contribution in [0.15, 0.2) is 47.6 Å². The van der Waals surface area contributed by atoms with Gasteiger partial charge in [-0.2, -0.15) is 5.10 Å². The standard InChI is InChI=1S/C18H16Cl2N2O4/c19-14-7-8-16(15(20)10-14)26-9-1-2-17(23)22-21-11-12-3-5-13(6-4-12)18(24)25/h3-8,10-11H,1-2,9H2,(H,22,23)(H,24,25)/p-1/b21-11-. The number of hydrogen-bond donors (Lipinski definition) is 1. The molecule has 0 fully saturated rings. The fraction of sp³-hybridized carbons (Fsp3) is 0.167. The van der Waals surface area contributed by atoms with E-state index in [0.717, 1.165) is 0 Å². The number of rotatable bonds is 8. The van der Waals surface area contributed by atoms with E-state index < -0.39 is 5.97 Å². The number of halogens is 2. The molecule has 0 saturated heterocycles. The van der Waals surface area contributed by atoms with E-state index in [1.54, 1.807) is 30.3 Å². The smallest absolute Gasteiger partial charge is 0.240 e. The second-order valence-corrected chi connectivity index (χ2v) is 6.07. The van der Waals surface area contributed by atoms with Crippen LogP contribution in [0.3, 0.4) is 0 Å². The van der Waals surface area contributed by atoms with Gasteiger partial charge in [0, 0.05) is 11.4 Å². The van der Waals surface area contributed by atoms with Crippen molar-refractivity contribution in [2.24, 2.45) is 5.10 Å². The zero-order valence-electron chi connectivity index (χ0n) is 13.6. The second kappa shape index (κ2) is 9.79. The van der Waals surface area contributed by atoms with Crippen LogP contribution in [-0.2, 0) is 4.79 Å². The maximum Gasteiger partial charge on any atom is 0.240 e.